The van der Waals surface area contributed by atoms with Crippen molar-refractivity contribution in [2.24, 2.45) is 0 Å². The third-order valence-electron chi connectivity index (χ3n) is 3.41. The van der Waals surface area contributed by atoms with E-state index >= 15 is 0 Å². The van der Waals surface area contributed by atoms with Gasteiger partial charge < -0.3 is 5.32 Å². The van der Waals surface area contributed by atoms with Gasteiger partial charge in [0.1, 0.15) is 0 Å². The molecule has 1 aromatic heterocycles. The maximum Gasteiger partial charge on any atom is 0.251 e. The molecule has 104 valence electrons. The molecule has 1 aromatic carbocycles. The molecule has 0 aliphatic heterocycles. The Kier molecular flexibility index (Phi) is 3.57. The van der Waals surface area contributed by atoms with Crippen LogP contribution in [0.15, 0.2) is 23.6 Å². The van der Waals surface area contributed by atoms with E-state index < -0.39 is 0 Å². The summed E-state index contributed by atoms with van der Waals surface area (Å²) in [6.45, 7) is 4.52. The number of thiazole rings is 1. The lowest BCUT2D eigenvalue weighted by atomic mass is 10.1. The van der Waals surface area contributed by atoms with E-state index in [1.54, 1.807) is 11.3 Å². The highest BCUT2D eigenvalue weighted by Crippen LogP contribution is 2.41. The molecule has 2 aromatic rings. The van der Waals surface area contributed by atoms with Gasteiger partial charge in [-0.2, -0.15) is 0 Å². The number of hydrogen-bond donors (Lipinski definition) is 1. The molecule has 1 aliphatic carbocycles. The topological polar surface area (TPSA) is 42.0 Å². The van der Waals surface area contributed by atoms with Crippen molar-refractivity contribution < 1.29 is 4.79 Å². The van der Waals surface area contributed by atoms with Gasteiger partial charge in [0.15, 0.2) is 0 Å². The summed E-state index contributed by atoms with van der Waals surface area (Å²) in [5.41, 5.74) is 3.91. The van der Waals surface area contributed by atoms with Crippen molar-refractivity contribution in [3.8, 4) is 0 Å². The number of rotatable bonds is 4. The molecule has 0 radical (unpaired) electrons. The Hall–Kier alpha value is -1.68. The summed E-state index contributed by atoms with van der Waals surface area (Å²) in [4.78, 5) is 16.7. The van der Waals surface area contributed by atoms with Gasteiger partial charge in [0.25, 0.3) is 5.91 Å². The zero-order valence-corrected chi connectivity index (χ0v) is 12.6. The summed E-state index contributed by atoms with van der Waals surface area (Å²) in [7, 11) is 0. The number of nitrogens with zero attached hydrogens (tertiary/aromatic N) is 1. The van der Waals surface area contributed by atoms with Crippen molar-refractivity contribution in [2.75, 3.05) is 0 Å². The third-order valence-corrected chi connectivity index (χ3v) is 4.47. The normalized spacial score (nSPS) is 14.3. The second-order valence-corrected chi connectivity index (χ2v) is 6.40. The molecular weight excluding hydrogens is 268 g/mol. The molecule has 1 saturated carbocycles. The van der Waals surface area contributed by atoms with Gasteiger partial charge >= 0.3 is 0 Å². The first-order chi connectivity index (χ1) is 9.61. The maximum atomic E-state index is 12.1. The summed E-state index contributed by atoms with van der Waals surface area (Å²) in [5.74, 6) is 0.654. The number of amides is 1. The van der Waals surface area contributed by atoms with Crippen LogP contribution in [0, 0.1) is 13.8 Å². The van der Waals surface area contributed by atoms with E-state index in [9.17, 15) is 4.79 Å². The molecule has 0 spiro atoms. The molecule has 1 N–H and O–H groups in total. The molecule has 20 heavy (non-hydrogen) atoms. The minimum Gasteiger partial charge on any atom is -0.346 e. The fraction of sp³-hybridized carbons (Fsp3) is 0.375. The van der Waals surface area contributed by atoms with Crippen LogP contribution in [-0.4, -0.2) is 10.9 Å². The van der Waals surface area contributed by atoms with Crippen LogP contribution in [0.2, 0.25) is 0 Å². The van der Waals surface area contributed by atoms with Crippen LogP contribution in [-0.2, 0) is 6.54 Å². The smallest absolute Gasteiger partial charge is 0.251 e. The number of nitrogens with one attached hydrogen (secondary N) is 1. The number of hydrogen-bond acceptors (Lipinski definition) is 3. The quantitative estimate of drug-likeness (QED) is 0.933. The van der Waals surface area contributed by atoms with E-state index in [0.29, 0.717) is 12.5 Å². The van der Waals surface area contributed by atoms with E-state index in [-0.39, 0.29) is 5.91 Å². The molecule has 0 bridgehead atoms. The summed E-state index contributed by atoms with van der Waals surface area (Å²) in [6, 6.07) is 5.90. The van der Waals surface area contributed by atoms with Crippen LogP contribution >= 0.6 is 11.3 Å². The molecule has 1 heterocycles. The monoisotopic (exact) mass is 286 g/mol. The lowest BCUT2D eigenvalue weighted by Crippen LogP contribution is -2.23. The van der Waals surface area contributed by atoms with Crippen LogP contribution < -0.4 is 5.32 Å². The Morgan fingerprint density at radius 3 is 2.65 bits per heavy atom. The Labute approximate surface area is 123 Å². The van der Waals surface area contributed by atoms with Crippen LogP contribution in [0.3, 0.4) is 0 Å². The second-order valence-electron chi connectivity index (χ2n) is 5.51. The Morgan fingerprint density at radius 1 is 1.30 bits per heavy atom. The average Bonchev–Trinajstić information content (AvgIpc) is 3.14. The van der Waals surface area contributed by atoms with E-state index in [4.69, 9.17) is 0 Å². The van der Waals surface area contributed by atoms with Crippen LogP contribution in [0.4, 0.5) is 0 Å². The predicted octanol–water partition coefficient (Wildman–Crippen LogP) is 3.57. The van der Waals surface area contributed by atoms with Crippen molar-refractivity contribution in [3.05, 3.63) is 51.0 Å². The van der Waals surface area contributed by atoms with E-state index in [1.807, 2.05) is 26.0 Å². The van der Waals surface area contributed by atoms with Crippen LogP contribution in [0.1, 0.15) is 50.9 Å². The molecule has 3 nitrogen and oxygen atoms in total. The van der Waals surface area contributed by atoms with Gasteiger partial charge in [-0.1, -0.05) is 17.2 Å². The highest BCUT2D eigenvalue weighted by atomic mass is 32.1. The summed E-state index contributed by atoms with van der Waals surface area (Å²) in [6.07, 6.45) is 2.53. The van der Waals surface area contributed by atoms with Crippen molar-refractivity contribution >= 4 is 17.2 Å². The predicted molar refractivity (Wildman–Crippen MR) is 81.2 cm³/mol. The van der Waals surface area contributed by atoms with Crippen molar-refractivity contribution in [2.45, 2.75) is 39.2 Å². The molecule has 0 saturated heterocycles. The largest absolute Gasteiger partial charge is 0.346 e. The lowest BCUT2D eigenvalue weighted by Gasteiger charge is -2.05. The molecule has 0 unspecified atom stereocenters. The first-order valence-corrected chi connectivity index (χ1v) is 7.80. The molecular formula is C16H18N2OS. The number of benzene rings is 1. The molecule has 3 rings (SSSR count). The minimum absolute atomic E-state index is 0.0298. The Bertz CT molecular complexity index is 623. The highest BCUT2D eigenvalue weighted by molar-refractivity contribution is 7.09. The first kappa shape index (κ1) is 13.3. The standard InChI is InChI=1S/C16H18N2OS/c1-10-5-11(2)7-13(6-10)15(19)17-8-14-9-20-16(18-14)12-3-4-12/h5-7,9,12H,3-4,8H2,1-2H3,(H,17,19). The van der Waals surface area contributed by atoms with Crippen molar-refractivity contribution in [3.63, 3.8) is 0 Å². The van der Waals surface area contributed by atoms with Gasteiger partial charge in [0, 0.05) is 16.9 Å². The van der Waals surface area contributed by atoms with Crippen LogP contribution in [0.25, 0.3) is 0 Å². The zero-order chi connectivity index (χ0) is 14.1. The van der Waals surface area contributed by atoms with E-state index in [1.165, 1.54) is 17.8 Å². The SMILES string of the molecule is Cc1cc(C)cc(C(=O)NCc2csc(C3CC3)n2)c1. The second kappa shape index (κ2) is 5.37. The molecule has 1 fully saturated rings. The average molecular weight is 286 g/mol. The Morgan fingerprint density at radius 2 is 2.00 bits per heavy atom. The summed E-state index contributed by atoms with van der Waals surface area (Å²) < 4.78 is 0. The number of aromatic nitrogens is 1. The Balaban J connectivity index is 1.63. The zero-order valence-electron chi connectivity index (χ0n) is 11.8. The van der Waals surface area contributed by atoms with Crippen molar-refractivity contribution in [1.29, 1.82) is 0 Å². The van der Waals surface area contributed by atoms with Gasteiger partial charge in [0.2, 0.25) is 0 Å². The van der Waals surface area contributed by atoms with Gasteiger partial charge in [-0.3, -0.25) is 4.79 Å². The third kappa shape index (κ3) is 3.07. The molecule has 0 atom stereocenters. The van der Waals surface area contributed by atoms with Gasteiger partial charge in [0.05, 0.1) is 17.2 Å². The molecule has 4 heteroatoms. The van der Waals surface area contributed by atoms with Crippen molar-refractivity contribution in [1.82, 2.24) is 10.3 Å². The fourth-order valence-electron chi connectivity index (χ4n) is 2.30. The maximum absolute atomic E-state index is 12.1. The number of aryl methyl sites for hydroxylation is 2. The van der Waals surface area contributed by atoms with E-state index in [0.717, 1.165) is 22.4 Å². The summed E-state index contributed by atoms with van der Waals surface area (Å²) >= 11 is 1.71. The van der Waals surface area contributed by atoms with Gasteiger partial charge in [-0.15, -0.1) is 11.3 Å². The van der Waals surface area contributed by atoms with Gasteiger partial charge in [-0.05, 0) is 38.8 Å². The molecule has 1 amide bonds. The number of carbonyl (C=O) groups is 1. The minimum atomic E-state index is -0.0298. The highest BCUT2D eigenvalue weighted by Gasteiger charge is 2.26. The van der Waals surface area contributed by atoms with Crippen LogP contribution in [0.5, 0.6) is 0 Å². The molecule has 1 aliphatic rings. The van der Waals surface area contributed by atoms with E-state index in [2.05, 4.69) is 21.7 Å². The first-order valence-electron chi connectivity index (χ1n) is 6.92. The number of carbonyl (C=O) groups excluding carboxylic acids is 1. The lowest BCUT2D eigenvalue weighted by molar-refractivity contribution is 0.0950. The summed E-state index contributed by atoms with van der Waals surface area (Å²) in [5, 5.41) is 6.22. The fourth-order valence-corrected chi connectivity index (χ4v) is 3.29. The van der Waals surface area contributed by atoms with Gasteiger partial charge in [-0.25, -0.2) is 4.98 Å².